The third-order valence-corrected chi connectivity index (χ3v) is 3.14. The molecule has 17 heavy (non-hydrogen) atoms. The number of halogens is 2. The molecule has 0 saturated heterocycles. The van der Waals surface area contributed by atoms with E-state index in [2.05, 4.69) is 27.3 Å². The maximum absolute atomic E-state index is 8.99. The number of nitriles is 1. The van der Waals surface area contributed by atoms with Gasteiger partial charge in [-0.15, -0.1) is 0 Å². The Balaban J connectivity index is 2.35. The molecule has 0 bridgehead atoms. The average molecular weight is 308 g/mol. The lowest BCUT2D eigenvalue weighted by Crippen LogP contribution is -1.94. The first kappa shape index (κ1) is 12.0. The molecule has 0 heterocycles. The summed E-state index contributed by atoms with van der Waals surface area (Å²) in [6, 6.07) is 15.0. The van der Waals surface area contributed by atoms with Crippen LogP contribution in [-0.4, -0.2) is 0 Å². The van der Waals surface area contributed by atoms with Crippen LogP contribution in [0.15, 0.2) is 46.9 Å². The van der Waals surface area contributed by atoms with Gasteiger partial charge in [-0.05, 0) is 46.3 Å². The van der Waals surface area contributed by atoms with Crippen molar-refractivity contribution < 1.29 is 0 Å². The van der Waals surface area contributed by atoms with Crippen LogP contribution in [0.3, 0.4) is 0 Å². The summed E-state index contributed by atoms with van der Waals surface area (Å²) in [6.45, 7) is 0. The Labute approximate surface area is 113 Å². The van der Waals surface area contributed by atoms with Crippen LogP contribution in [0.4, 0.5) is 11.4 Å². The van der Waals surface area contributed by atoms with Gasteiger partial charge < -0.3 is 5.32 Å². The number of nitrogens with one attached hydrogen (secondary N) is 1. The van der Waals surface area contributed by atoms with Gasteiger partial charge in [-0.1, -0.05) is 23.7 Å². The highest BCUT2D eigenvalue weighted by molar-refractivity contribution is 9.10. The SMILES string of the molecule is N#Cc1ccccc1Nc1ccc(Cl)cc1Br. The van der Waals surface area contributed by atoms with Crippen LogP contribution in [0, 0.1) is 11.3 Å². The number of para-hydroxylation sites is 1. The second kappa shape index (κ2) is 5.22. The van der Waals surface area contributed by atoms with Crippen molar-refractivity contribution in [2.45, 2.75) is 0 Å². The Morgan fingerprint density at radius 2 is 1.88 bits per heavy atom. The molecule has 2 aromatic carbocycles. The third-order valence-electron chi connectivity index (χ3n) is 2.25. The minimum Gasteiger partial charge on any atom is -0.354 e. The molecule has 2 nitrogen and oxygen atoms in total. The first-order chi connectivity index (χ1) is 8.20. The van der Waals surface area contributed by atoms with Crippen LogP contribution in [-0.2, 0) is 0 Å². The number of hydrogen-bond donors (Lipinski definition) is 1. The van der Waals surface area contributed by atoms with Gasteiger partial charge in [0.25, 0.3) is 0 Å². The first-order valence-electron chi connectivity index (χ1n) is 4.92. The summed E-state index contributed by atoms with van der Waals surface area (Å²) in [7, 11) is 0. The highest BCUT2D eigenvalue weighted by atomic mass is 79.9. The zero-order valence-corrected chi connectivity index (χ0v) is 11.1. The Hall–Kier alpha value is -1.50. The van der Waals surface area contributed by atoms with Gasteiger partial charge in [-0.2, -0.15) is 5.26 Å². The summed E-state index contributed by atoms with van der Waals surface area (Å²) in [5.74, 6) is 0. The summed E-state index contributed by atoms with van der Waals surface area (Å²) in [5.41, 5.74) is 2.25. The maximum atomic E-state index is 8.99. The largest absolute Gasteiger partial charge is 0.354 e. The van der Waals surface area contributed by atoms with E-state index >= 15 is 0 Å². The molecule has 0 unspecified atom stereocenters. The van der Waals surface area contributed by atoms with Crippen molar-refractivity contribution >= 4 is 38.9 Å². The minimum absolute atomic E-state index is 0.606. The summed E-state index contributed by atoms with van der Waals surface area (Å²) < 4.78 is 0.859. The predicted octanol–water partition coefficient (Wildman–Crippen LogP) is 4.72. The monoisotopic (exact) mass is 306 g/mol. The van der Waals surface area contributed by atoms with Crippen molar-refractivity contribution in [3.63, 3.8) is 0 Å². The van der Waals surface area contributed by atoms with Gasteiger partial charge in [-0.3, -0.25) is 0 Å². The van der Waals surface area contributed by atoms with Crippen molar-refractivity contribution in [3.8, 4) is 6.07 Å². The van der Waals surface area contributed by atoms with E-state index in [0.717, 1.165) is 15.8 Å². The molecule has 0 aliphatic carbocycles. The second-order valence-electron chi connectivity index (χ2n) is 3.41. The van der Waals surface area contributed by atoms with E-state index < -0.39 is 0 Å². The third kappa shape index (κ3) is 2.79. The van der Waals surface area contributed by atoms with Gasteiger partial charge in [0.05, 0.1) is 16.9 Å². The van der Waals surface area contributed by atoms with E-state index in [1.165, 1.54) is 0 Å². The van der Waals surface area contributed by atoms with Crippen molar-refractivity contribution in [1.82, 2.24) is 0 Å². The fraction of sp³-hybridized carbons (Fsp3) is 0. The molecule has 0 spiro atoms. The van der Waals surface area contributed by atoms with E-state index in [1.807, 2.05) is 24.3 Å². The molecule has 2 aromatic rings. The van der Waals surface area contributed by atoms with Crippen LogP contribution >= 0.6 is 27.5 Å². The Kier molecular flexibility index (Phi) is 3.68. The smallest absolute Gasteiger partial charge is 0.101 e. The van der Waals surface area contributed by atoms with E-state index in [4.69, 9.17) is 16.9 Å². The van der Waals surface area contributed by atoms with Gasteiger partial charge in [0.15, 0.2) is 0 Å². The molecular formula is C13H8BrClN2. The number of nitrogens with zero attached hydrogens (tertiary/aromatic N) is 1. The molecule has 4 heteroatoms. The molecule has 0 saturated carbocycles. The summed E-state index contributed by atoms with van der Waals surface area (Å²) in [5, 5.41) is 12.8. The van der Waals surface area contributed by atoms with Crippen LogP contribution in [0.1, 0.15) is 5.56 Å². The molecule has 0 fully saturated rings. The molecule has 0 radical (unpaired) electrons. The number of rotatable bonds is 2. The zero-order valence-electron chi connectivity index (χ0n) is 8.74. The zero-order chi connectivity index (χ0) is 12.3. The lowest BCUT2D eigenvalue weighted by Gasteiger charge is -2.10. The topological polar surface area (TPSA) is 35.8 Å². The first-order valence-corrected chi connectivity index (χ1v) is 6.09. The van der Waals surface area contributed by atoms with Crippen molar-refractivity contribution in [3.05, 3.63) is 57.5 Å². The van der Waals surface area contributed by atoms with Gasteiger partial charge in [0.2, 0.25) is 0 Å². The number of benzene rings is 2. The quantitative estimate of drug-likeness (QED) is 0.871. The predicted molar refractivity (Wildman–Crippen MR) is 73.6 cm³/mol. The molecule has 84 valence electrons. The van der Waals surface area contributed by atoms with Crippen molar-refractivity contribution in [2.75, 3.05) is 5.32 Å². The van der Waals surface area contributed by atoms with Crippen molar-refractivity contribution in [1.29, 1.82) is 5.26 Å². The molecule has 0 aromatic heterocycles. The van der Waals surface area contributed by atoms with Gasteiger partial charge in [-0.25, -0.2) is 0 Å². The molecular weight excluding hydrogens is 300 g/mol. The molecule has 0 aliphatic heterocycles. The van der Waals surface area contributed by atoms with E-state index in [-0.39, 0.29) is 0 Å². The standard InChI is InChI=1S/C13H8BrClN2/c14-11-7-10(15)5-6-13(11)17-12-4-2-1-3-9(12)8-16/h1-7,17H. The summed E-state index contributed by atoms with van der Waals surface area (Å²) in [4.78, 5) is 0. The highest BCUT2D eigenvalue weighted by Crippen LogP contribution is 2.29. The summed E-state index contributed by atoms with van der Waals surface area (Å²) >= 11 is 9.29. The number of anilines is 2. The van der Waals surface area contributed by atoms with Crippen LogP contribution in [0.5, 0.6) is 0 Å². The number of hydrogen-bond acceptors (Lipinski definition) is 2. The Morgan fingerprint density at radius 1 is 1.12 bits per heavy atom. The minimum atomic E-state index is 0.606. The van der Waals surface area contributed by atoms with E-state index in [0.29, 0.717) is 10.6 Å². The molecule has 2 rings (SSSR count). The average Bonchev–Trinajstić information content (AvgIpc) is 2.33. The van der Waals surface area contributed by atoms with Crippen molar-refractivity contribution in [2.24, 2.45) is 0 Å². The van der Waals surface area contributed by atoms with Crippen LogP contribution < -0.4 is 5.32 Å². The summed E-state index contributed by atoms with van der Waals surface area (Å²) in [6.07, 6.45) is 0. The van der Waals surface area contributed by atoms with Gasteiger partial charge in [0.1, 0.15) is 6.07 Å². The van der Waals surface area contributed by atoms with E-state index in [1.54, 1.807) is 18.2 Å². The molecule has 0 atom stereocenters. The molecule has 0 aliphatic rings. The van der Waals surface area contributed by atoms with Crippen LogP contribution in [0.2, 0.25) is 5.02 Å². The fourth-order valence-corrected chi connectivity index (χ4v) is 2.21. The Morgan fingerprint density at radius 3 is 2.59 bits per heavy atom. The lowest BCUT2D eigenvalue weighted by atomic mass is 10.2. The second-order valence-corrected chi connectivity index (χ2v) is 4.70. The van der Waals surface area contributed by atoms with E-state index in [9.17, 15) is 0 Å². The van der Waals surface area contributed by atoms with Gasteiger partial charge in [0, 0.05) is 9.50 Å². The van der Waals surface area contributed by atoms with Crippen LogP contribution in [0.25, 0.3) is 0 Å². The van der Waals surface area contributed by atoms with Gasteiger partial charge >= 0.3 is 0 Å². The lowest BCUT2D eigenvalue weighted by molar-refractivity contribution is 1.45. The fourth-order valence-electron chi connectivity index (χ4n) is 1.43. The molecule has 1 N–H and O–H groups in total. The maximum Gasteiger partial charge on any atom is 0.101 e. The normalized spacial score (nSPS) is 9.71. The highest BCUT2D eigenvalue weighted by Gasteiger charge is 2.04. The Bertz CT molecular complexity index is 590. The molecule has 0 amide bonds.